The van der Waals surface area contributed by atoms with Crippen molar-refractivity contribution >= 4 is 36.0 Å². The third kappa shape index (κ3) is 6.86. The molecule has 0 bridgehead atoms. The molecule has 2 fully saturated rings. The number of hydrogen-bond donors (Lipinski definition) is 2. The van der Waals surface area contributed by atoms with Gasteiger partial charge in [0.2, 0.25) is 0 Å². The van der Waals surface area contributed by atoms with Crippen molar-refractivity contribution in [1.82, 2.24) is 10.2 Å². The minimum absolute atomic E-state index is 0. The molecule has 1 amide bonds. The topological polar surface area (TPSA) is 98.4 Å². The van der Waals surface area contributed by atoms with Crippen molar-refractivity contribution < 1.29 is 19.0 Å². The van der Waals surface area contributed by atoms with E-state index in [1.54, 1.807) is 12.0 Å². The molecule has 9 heteroatoms. The second-order valence-electron chi connectivity index (χ2n) is 7.93. The van der Waals surface area contributed by atoms with Crippen molar-refractivity contribution in [3.63, 3.8) is 0 Å². The Morgan fingerprint density at radius 2 is 1.90 bits per heavy atom. The van der Waals surface area contributed by atoms with Gasteiger partial charge in [0.1, 0.15) is 5.75 Å². The van der Waals surface area contributed by atoms with Gasteiger partial charge in [-0.05, 0) is 50.3 Å². The molecule has 0 spiro atoms. The minimum Gasteiger partial charge on any atom is -0.497 e. The fraction of sp³-hybridized carbons (Fsp3) is 0.636. The number of likely N-dealkylation sites (tertiary alicyclic amines) is 1. The molecule has 0 radical (unpaired) electrons. The minimum atomic E-state index is -0.237. The summed E-state index contributed by atoms with van der Waals surface area (Å²) in [7, 11) is 1.67. The molecule has 0 saturated carbocycles. The van der Waals surface area contributed by atoms with Gasteiger partial charge in [-0.1, -0.05) is 12.1 Å². The molecule has 3 rings (SSSR count). The highest BCUT2D eigenvalue weighted by atomic mass is 127. The van der Waals surface area contributed by atoms with E-state index in [9.17, 15) is 4.79 Å². The number of amides is 1. The average Bonchev–Trinajstić information content (AvgIpc) is 2.79. The number of rotatable bonds is 6. The molecule has 1 aromatic carbocycles. The highest BCUT2D eigenvalue weighted by Crippen LogP contribution is 2.36. The van der Waals surface area contributed by atoms with E-state index >= 15 is 0 Å². The third-order valence-electron chi connectivity index (χ3n) is 6.08. The number of carbonyl (C=O) groups excluding carboxylic acids is 1. The predicted octanol–water partition coefficient (Wildman–Crippen LogP) is 2.89. The molecule has 2 heterocycles. The number of halogens is 1. The highest BCUT2D eigenvalue weighted by molar-refractivity contribution is 14.0. The fourth-order valence-corrected chi connectivity index (χ4v) is 4.16. The number of carbonyl (C=O) groups is 1. The smallest absolute Gasteiger partial charge is 0.409 e. The summed E-state index contributed by atoms with van der Waals surface area (Å²) in [6, 6.07) is 8.44. The Morgan fingerprint density at radius 1 is 1.26 bits per heavy atom. The first-order valence-electron chi connectivity index (χ1n) is 10.8. The third-order valence-corrected chi connectivity index (χ3v) is 6.08. The monoisotopic (exact) mass is 546 g/mol. The van der Waals surface area contributed by atoms with Crippen molar-refractivity contribution in [2.24, 2.45) is 10.7 Å². The van der Waals surface area contributed by atoms with E-state index in [1.165, 1.54) is 5.56 Å². The predicted molar refractivity (Wildman–Crippen MR) is 131 cm³/mol. The van der Waals surface area contributed by atoms with E-state index in [4.69, 9.17) is 24.9 Å². The summed E-state index contributed by atoms with van der Waals surface area (Å²) in [5.41, 5.74) is 7.39. The van der Waals surface area contributed by atoms with Crippen molar-refractivity contribution in [3.05, 3.63) is 29.8 Å². The average molecular weight is 546 g/mol. The number of ether oxygens (including phenoxy) is 3. The fourth-order valence-electron chi connectivity index (χ4n) is 4.16. The number of piperidine rings is 1. The van der Waals surface area contributed by atoms with Crippen LogP contribution in [-0.4, -0.2) is 69.6 Å². The lowest BCUT2D eigenvalue weighted by molar-refractivity contribution is 0.0531. The van der Waals surface area contributed by atoms with E-state index < -0.39 is 0 Å². The van der Waals surface area contributed by atoms with Gasteiger partial charge in [-0.15, -0.1) is 24.0 Å². The number of nitrogens with one attached hydrogen (secondary N) is 1. The molecule has 0 aliphatic carbocycles. The van der Waals surface area contributed by atoms with Crippen LogP contribution in [0.4, 0.5) is 4.79 Å². The van der Waals surface area contributed by atoms with Crippen LogP contribution in [-0.2, 0) is 14.9 Å². The number of hydrogen-bond acceptors (Lipinski definition) is 5. The molecule has 8 nitrogen and oxygen atoms in total. The number of aliphatic imine (C=N–C) groups is 1. The van der Waals surface area contributed by atoms with Crippen molar-refractivity contribution in [2.75, 3.05) is 46.6 Å². The number of guanidine groups is 1. The van der Waals surface area contributed by atoms with E-state index in [-0.39, 0.29) is 41.5 Å². The quantitative estimate of drug-likeness (QED) is 0.324. The lowest BCUT2D eigenvalue weighted by Gasteiger charge is -2.37. The molecule has 2 saturated heterocycles. The Balaban J connectivity index is 0.00000341. The Morgan fingerprint density at radius 3 is 2.48 bits per heavy atom. The SMILES string of the molecule is CCOC(=O)N1CCC(NC(N)=NCC2(c3ccc(OC)cc3)CCOCC2)CC1.I. The Hall–Kier alpha value is -1.75. The lowest BCUT2D eigenvalue weighted by Crippen LogP contribution is -2.49. The molecule has 0 aromatic heterocycles. The van der Waals surface area contributed by atoms with Crippen LogP contribution in [0.15, 0.2) is 29.3 Å². The summed E-state index contributed by atoms with van der Waals surface area (Å²) >= 11 is 0. The Labute approximate surface area is 201 Å². The van der Waals surface area contributed by atoms with Crippen LogP contribution in [0.5, 0.6) is 5.75 Å². The summed E-state index contributed by atoms with van der Waals surface area (Å²) in [5, 5.41) is 3.33. The zero-order chi connectivity index (χ0) is 21.4. The van der Waals surface area contributed by atoms with Gasteiger partial charge in [0.25, 0.3) is 0 Å². The van der Waals surface area contributed by atoms with Crippen LogP contribution in [0.1, 0.15) is 38.2 Å². The second kappa shape index (κ2) is 12.3. The first kappa shape index (κ1) is 25.5. The number of benzene rings is 1. The summed E-state index contributed by atoms with van der Waals surface area (Å²) < 4.78 is 16.0. The van der Waals surface area contributed by atoms with E-state index in [1.807, 2.05) is 19.1 Å². The van der Waals surface area contributed by atoms with Crippen LogP contribution in [0.3, 0.4) is 0 Å². The van der Waals surface area contributed by atoms with Crippen molar-refractivity contribution in [1.29, 1.82) is 0 Å². The number of nitrogens with two attached hydrogens (primary N) is 1. The zero-order valence-corrected chi connectivity index (χ0v) is 20.8. The van der Waals surface area contributed by atoms with E-state index in [0.717, 1.165) is 44.6 Å². The molecule has 3 N–H and O–H groups in total. The molecule has 1 aromatic rings. The number of methoxy groups -OCH3 is 1. The van der Waals surface area contributed by atoms with Crippen LogP contribution < -0.4 is 15.8 Å². The standard InChI is InChI=1S/C22H34N4O4.HI/c1-3-30-21(27)26-12-8-18(9-13-26)25-20(23)24-16-22(10-14-29-15-11-22)17-4-6-19(28-2)7-5-17;/h4-7,18H,3,8-16H2,1-2H3,(H3,23,24,25);1H. The zero-order valence-electron chi connectivity index (χ0n) is 18.5. The maximum Gasteiger partial charge on any atom is 0.409 e. The molecule has 31 heavy (non-hydrogen) atoms. The molecule has 2 aliphatic heterocycles. The van der Waals surface area contributed by atoms with Crippen molar-refractivity contribution in [3.8, 4) is 5.75 Å². The normalized spacial score (nSPS) is 19.3. The van der Waals surface area contributed by atoms with Crippen molar-refractivity contribution in [2.45, 2.75) is 44.1 Å². The Kier molecular flexibility index (Phi) is 10.1. The lowest BCUT2D eigenvalue weighted by atomic mass is 9.74. The van der Waals surface area contributed by atoms with E-state index in [2.05, 4.69) is 17.4 Å². The van der Waals surface area contributed by atoms with Crippen LogP contribution in [0.25, 0.3) is 0 Å². The van der Waals surface area contributed by atoms with Gasteiger partial charge in [-0.2, -0.15) is 0 Å². The Bertz CT molecular complexity index is 715. The maximum atomic E-state index is 11.8. The van der Waals surface area contributed by atoms with Gasteiger partial charge in [0, 0.05) is 37.8 Å². The largest absolute Gasteiger partial charge is 0.497 e. The van der Waals surface area contributed by atoms with E-state index in [0.29, 0.717) is 32.2 Å². The maximum absolute atomic E-state index is 11.8. The summed E-state index contributed by atoms with van der Waals surface area (Å²) in [5.74, 6) is 1.31. The van der Waals surface area contributed by atoms with Gasteiger partial charge in [0.05, 0.1) is 20.3 Å². The second-order valence-corrected chi connectivity index (χ2v) is 7.93. The van der Waals surface area contributed by atoms with Gasteiger partial charge < -0.3 is 30.2 Å². The molecular weight excluding hydrogens is 511 g/mol. The first-order chi connectivity index (χ1) is 14.6. The van der Waals surface area contributed by atoms with Crippen LogP contribution in [0.2, 0.25) is 0 Å². The summed E-state index contributed by atoms with van der Waals surface area (Å²) in [4.78, 5) is 18.3. The number of nitrogens with zero attached hydrogens (tertiary/aromatic N) is 2. The summed E-state index contributed by atoms with van der Waals surface area (Å²) in [6.07, 6.45) is 3.24. The molecule has 2 aliphatic rings. The van der Waals surface area contributed by atoms with Gasteiger partial charge in [-0.25, -0.2) is 4.79 Å². The molecule has 0 unspecified atom stereocenters. The van der Waals surface area contributed by atoms with Gasteiger partial charge in [0.15, 0.2) is 5.96 Å². The molecule has 174 valence electrons. The van der Waals surface area contributed by atoms with Crippen LogP contribution in [0, 0.1) is 0 Å². The van der Waals surface area contributed by atoms with Gasteiger partial charge >= 0.3 is 6.09 Å². The van der Waals surface area contributed by atoms with Gasteiger partial charge in [-0.3, -0.25) is 4.99 Å². The van der Waals surface area contributed by atoms with Crippen LogP contribution >= 0.6 is 24.0 Å². The summed E-state index contributed by atoms with van der Waals surface area (Å²) in [6.45, 7) is 5.61. The molecular formula is C22H35IN4O4. The molecule has 0 atom stereocenters. The first-order valence-corrected chi connectivity index (χ1v) is 10.8. The highest BCUT2D eigenvalue weighted by Gasteiger charge is 2.34.